The Morgan fingerprint density at radius 2 is 1.76 bits per heavy atom. The Morgan fingerprint density at radius 3 is 2.52 bits per heavy atom. The summed E-state index contributed by atoms with van der Waals surface area (Å²) in [6.07, 6.45) is 4.14. The third-order valence-electron chi connectivity index (χ3n) is 3.63. The molecule has 21 heavy (non-hydrogen) atoms. The van der Waals surface area contributed by atoms with Crippen molar-refractivity contribution < 1.29 is 0 Å². The van der Waals surface area contributed by atoms with E-state index in [4.69, 9.17) is 10.7 Å². The van der Waals surface area contributed by atoms with Gasteiger partial charge in [-0.15, -0.1) is 0 Å². The molecule has 3 heteroatoms. The van der Waals surface area contributed by atoms with Gasteiger partial charge in [-0.2, -0.15) is 0 Å². The molecule has 2 aromatic carbocycles. The van der Waals surface area contributed by atoms with Gasteiger partial charge in [0.2, 0.25) is 0 Å². The molecule has 106 valence electrons. The molecule has 3 rings (SSSR count). The van der Waals surface area contributed by atoms with E-state index in [1.807, 2.05) is 36.4 Å². The van der Waals surface area contributed by atoms with Crippen LogP contribution in [-0.2, 0) is 0 Å². The molecule has 0 bridgehead atoms. The van der Waals surface area contributed by atoms with Crippen LogP contribution in [0.1, 0.15) is 24.4 Å². The molecule has 0 aliphatic heterocycles. The maximum atomic E-state index is 5.86. The van der Waals surface area contributed by atoms with E-state index in [1.54, 1.807) is 0 Å². The van der Waals surface area contributed by atoms with Gasteiger partial charge < -0.3 is 10.3 Å². The Labute approximate surface area is 124 Å². The van der Waals surface area contributed by atoms with Crippen LogP contribution < -0.4 is 5.73 Å². The number of imidazole rings is 1. The van der Waals surface area contributed by atoms with Crippen molar-refractivity contribution in [1.82, 2.24) is 9.55 Å². The Morgan fingerprint density at radius 1 is 1.05 bits per heavy atom. The van der Waals surface area contributed by atoms with Gasteiger partial charge in [0.1, 0.15) is 5.82 Å². The molecule has 1 heterocycles. The van der Waals surface area contributed by atoms with Gasteiger partial charge in [-0.1, -0.05) is 48.5 Å². The number of fused-ring (bicyclic) bond motifs is 1. The highest BCUT2D eigenvalue weighted by molar-refractivity contribution is 5.80. The van der Waals surface area contributed by atoms with Gasteiger partial charge in [-0.25, -0.2) is 4.98 Å². The van der Waals surface area contributed by atoms with E-state index in [1.165, 1.54) is 0 Å². The van der Waals surface area contributed by atoms with Crippen LogP contribution >= 0.6 is 0 Å². The van der Waals surface area contributed by atoms with Crippen molar-refractivity contribution in [2.45, 2.75) is 13.0 Å². The van der Waals surface area contributed by atoms with E-state index in [-0.39, 0.29) is 6.04 Å². The number of para-hydroxylation sites is 2. The van der Waals surface area contributed by atoms with Crippen LogP contribution in [0.3, 0.4) is 0 Å². The van der Waals surface area contributed by atoms with Crippen LogP contribution in [-0.4, -0.2) is 16.1 Å². The van der Waals surface area contributed by atoms with Gasteiger partial charge in [0.05, 0.1) is 11.0 Å². The second-order valence-corrected chi connectivity index (χ2v) is 5.16. The topological polar surface area (TPSA) is 43.8 Å². The predicted octanol–water partition coefficient (Wildman–Crippen LogP) is 3.73. The quantitative estimate of drug-likeness (QED) is 0.789. The summed E-state index contributed by atoms with van der Waals surface area (Å²) in [5.74, 6) is 0.943. The largest absolute Gasteiger partial charge is 0.328 e. The summed E-state index contributed by atoms with van der Waals surface area (Å²) in [5, 5.41) is 0. The summed E-state index contributed by atoms with van der Waals surface area (Å²) in [4.78, 5) is 4.72. The van der Waals surface area contributed by atoms with Gasteiger partial charge in [-0.05, 0) is 30.7 Å². The third kappa shape index (κ3) is 2.73. The standard InChI is InChI=1S/C18H19N3/c1-14(13-19)21-17-10-6-5-9-16(17)20-18(21)12-11-15-7-3-2-4-8-15/h2-12,14H,13,19H2,1H3/b12-11+. The van der Waals surface area contributed by atoms with Gasteiger partial charge >= 0.3 is 0 Å². The highest BCUT2D eigenvalue weighted by atomic mass is 15.1. The van der Waals surface area contributed by atoms with Gasteiger partial charge in [0, 0.05) is 12.6 Å². The normalized spacial score (nSPS) is 13.0. The van der Waals surface area contributed by atoms with Crippen molar-refractivity contribution in [3.8, 4) is 0 Å². The molecule has 2 N–H and O–H groups in total. The van der Waals surface area contributed by atoms with Crippen molar-refractivity contribution >= 4 is 23.2 Å². The SMILES string of the molecule is CC(CN)n1c(/C=C/c2ccccc2)nc2ccccc21. The lowest BCUT2D eigenvalue weighted by Gasteiger charge is -2.14. The second-order valence-electron chi connectivity index (χ2n) is 5.16. The lowest BCUT2D eigenvalue weighted by molar-refractivity contribution is 0.569. The predicted molar refractivity (Wildman–Crippen MR) is 88.9 cm³/mol. The Bertz CT molecular complexity index is 756. The van der Waals surface area contributed by atoms with E-state index in [0.29, 0.717) is 6.54 Å². The highest BCUT2D eigenvalue weighted by Crippen LogP contribution is 2.22. The highest BCUT2D eigenvalue weighted by Gasteiger charge is 2.12. The molecule has 3 nitrogen and oxygen atoms in total. The molecular weight excluding hydrogens is 258 g/mol. The molecule has 0 amide bonds. The maximum Gasteiger partial charge on any atom is 0.134 e. The van der Waals surface area contributed by atoms with Crippen molar-refractivity contribution in [2.75, 3.05) is 6.54 Å². The molecule has 1 atom stereocenters. The molecular formula is C18H19N3. The second kappa shape index (κ2) is 5.94. The summed E-state index contributed by atoms with van der Waals surface area (Å²) in [7, 11) is 0. The van der Waals surface area contributed by atoms with E-state index >= 15 is 0 Å². The Hall–Kier alpha value is -2.39. The van der Waals surface area contributed by atoms with Crippen LogP contribution in [0.15, 0.2) is 54.6 Å². The summed E-state index contributed by atoms with van der Waals surface area (Å²) in [6, 6.07) is 18.6. The minimum absolute atomic E-state index is 0.216. The van der Waals surface area contributed by atoms with Crippen LogP contribution in [0.5, 0.6) is 0 Å². The van der Waals surface area contributed by atoms with Gasteiger partial charge in [-0.3, -0.25) is 0 Å². The average molecular weight is 277 g/mol. The molecule has 1 aromatic heterocycles. The number of nitrogens with zero attached hydrogens (tertiary/aromatic N) is 2. The molecule has 0 aliphatic rings. The smallest absolute Gasteiger partial charge is 0.134 e. The minimum Gasteiger partial charge on any atom is -0.328 e. The molecule has 3 aromatic rings. The van der Waals surface area contributed by atoms with Crippen molar-refractivity contribution in [3.05, 3.63) is 66.0 Å². The monoisotopic (exact) mass is 277 g/mol. The minimum atomic E-state index is 0.216. The molecule has 1 unspecified atom stereocenters. The fourth-order valence-electron chi connectivity index (χ4n) is 2.48. The molecule has 0 aliphatic carbocycles. The van der Waals surface area contributed by atoms with Crippen molar-refractivity contribution in [3.63, 3.8) is 0 Å². The Kier molecular flexibility index (Phi) is 3.84. The van der Waals surface area contributed by atoms with Crippen LogP contribution in [0.2, 0.25) is 0 Å². The first-order valence-corrected chi connectivity index (χ1v) is 7.20. The van der Waals surface area contributed by atoms with E-state index in [2.05, 4.69) is 41.8 Å². The molecule has 0 saturated heterocycles. The van der Waals surface area contributed by atoms with Crippen LogP contribution in [0.25, 0.3) is 23.2 Å². The zero-order chi connectivity index (χ0) is 14.7. The third-order valence-corrected chi connectivity index (χ3v) is 3.63. The van der Waals surface area contributed by atoms with Crippen molar-refractivity contribution in [1.29, 1.82) is 0 Å². The summed E-state index contributed by atoms with van der Waals surface area (Å²) >= 11 is 0. The van der Waals surface area contributed by atoms with Crippen LogP contribution in [0.4, 0.5) is 0 Å². The number of nitrogens with two attached hydrogens (primary N) is 1. The van der Waals surface area contributed by atoms with E-state index in [0.717, 1.165) is 22.4 Å². The zero-order valence-corrected chi connectivity index (χ0v) is 12.1. The number of rotatable bonds is 4. The fourth-order valence-corrected chi connectivity index (χ4v) is 2.48. The number of aromatic nitrogens is 2. The lowest BCUT2D eigenvalue weighted by Crippen LogP contribution is -2.17. The Balaban J connectivity index is 2.07. The van der Waals surface area contributed by atoms with E-state index in [9.17, 15) is 0 Å². The first-order valence-electron chi connectivity index (χ1n) is 7.20. The van der Waals surface area contributed by atoms with Gasteiger partial charge in [0.15, 0.2) is 0 Å². The average Bonchev–Trinajstić information content (AvgIpc) is 2.91. The van der Waals surface area contributed by atoms with Crippen LogP contribution in [0, 0.1) is 0 Å². The van der Waals surface area contributed by atoms with Gasteiger partial charge in [0.25, 0.3) is 0 Å². The maximum absolute atomic E-state index is 5.86. The summed E-state index contributed by atoms with van der Waals surface area (Å²) < 4.78 is 2.20. The summed E-state index contributed by atoms with van der Waals surface area (Å²) in [6.45, 7) is 2.71. The first kappa shape index (κ1) is 13.6. The lowest BCUT2D eigenvalue weighted by atomic mass is 10.2. The number of hydrogen-bond acceptors (Lipinski definition) is 2. The first-order chi connectivity index (χ1) is 10.3. The summed E-state index contributed by atoms with van der Waals surface area (Å²) in [5.41, 5.74) is 9.15. The zero-order valence-electron chi connectivity index (χ0n) is 12.1. The molecule has 0 saturated carbocycles. The number of benzene rings is 2. The van der Waals surface area contributed by atoms with Crippen molar-refractivity contribution in [2.24, 2.45) is 5.73 Å². The fraction of sp³-hybridized carbons (Fsp3) is 0.167. The molecule has 0 fully saturated rings. The molecule has 0 spiro atoms. The molecule has 0 radical (unpaired) electrons. The van der Waals surface area contributed by atoms with E-state index < -0.39 is 0 Å². The number of hydrogen-bond donors (Lipinski definition) is 1.